The lowest BCUT2D eigenvalue weighted by Crippen LogP contribution is -2.46. The Labute approximate surface area is 319 Å². The van der Waals surface area contributed by atoms with Gasteiger partial charge < -0.3 is 69.0 Å². The Hall–Kier alpha value is -2.44. The van der Waals surface area contributed by atoms with E-state index >= 15 is 0 Å². The van der Waals surface area contributed by atoms with Crippen molar-refractivity contribution in [1.82, 2.24) is 30.2 Å². The third-order valence-electron chi connectivity index (χ3n) is 7.32. The van der Waals surface area contributed by atoms with Crippen LogP contribution in [0.25, 0.3) is 11.2 Å². The molecule has 2 aromatic rings. The maximum absolute atomic E-state index is 12.5. The molecule has 24 nitrogen and oxygen atoms in total. The lowest BCUT2D eigenvalue weighted by atomic mass is 9.87. The molecule has 28 heteroatoms. The van der Waals surface area contributed by atoms with Crippen LogP contribution in [0.4, 0.5) is 5.82 Å². The van der Waals surface area contributed by atoms with Gasteiger partial charge in [0.1, 0.15) is 36.3 Å². The van der Waals surface area contributed by atoms with Crippen LogP contribution in [0.1, 0.15) is 54.2 Å². The van der Waals surface area contributed by atoms with E-state index in [0.29, 0.717) is 12.2 Å². The van der Waals surface area contributed by atoms with E-state index in [2.05, 4.69) is 43.5 Å². The highest BCUT2D eigenvalue weighted by molar-refractivity contribution is 8.13. The van der Waals surface area contributed by atoms with Gasteiger partial charge in [-0.05, 0) is 5.92 Å². The number of hydrogen-bond donors (Lipinski definition) is 5. The van der Waals surface area contributed by atoms with Crippen LogP contribution in [-0.4, -0.2) is 103 Å². The van der Waals surface area contributed by atoms with Crippen LogP contribution in [0, 0.1) is 11.3 Å². The number of imidazole rings is 1. The number of phosphoric acid groups is 3. The Balaban J connectivity index is 0.0000105. The van der Waals surface area contributed by atoms with Crippen LogP contribution in [0.15, 0.2) is 12.7 Å². The average molecular weight is 864 g/mol. The van der Waals surface area contributed by atoms with Gasteiger partial charge in [-0.25, -0.2) is 19.3 Å². The number of nitrogens with two attached hydrogens (primary N) is 1. The van der Waals surface area contributed by atoms with E-state index in [9.17, 15) is 57.9 Å². The van der Waals surface area contributed by atoms with Crippen molar-refractivity contribution in [3.8, 4) is 0 Å². The Morgan fingerprint density at radius 2 is 1.73 bits per heavy atom. The monoisotopic (exact) mass is 863 g/mol. The largest absolute Gasteiger partial charge is 0.790 e. The predicted molar refractivity (Wildman–Crippen MR) is 184 cm³/mol. The third-order valence-corrected chi connectivity index (χ3v) is 11.2. The van der Waals surface area contributed by atoms with Gasteiger partial charge >= 0.3 is 0 Å². The molecule has 1 aliphatic heterocycles. The van der Waals surface area contributed by atoms with Gasteiger partial charge in [0.15, 0.2) is 22.8 Å². The van der Waals surface area contributed by atoms with Gasteiger partial charge in [0.2, 0.25) is 11.8 Å². The second-order valence-electron chi connectivity index (χ2n) is 12.8. The number of aliphatic hydroxyl groups is 2. The molecule has 1 aliphatic rings. The van der Waals surface area contributed by atoms with E-state index in [-0.39, 0.29) is 55.0 Å². The van der Waals surface area contributed by atoms with Gasteiger partial charge in [-0.1, -0.05) is 46.9 Å². The maximum atomic E-state index is 12.5. The zero-order valence-electron chi connectivity index (χ0n) is 29.2. The van der Waals surface area contributed by atoms with Crippen molar-refractivity contribution >= 4 is 69.1 Å². The van der Waals surface area contributed by atoms with Crippen LogP contribution >= 0.6 is 35.2 Å². The lowest BCUT2D eigenvalue weighted by molar-refractivity contribution is -0.347. The Kier molecular flexibility index (Phi) is 18.0. The molecule has 7 unspecified atom stereocenters. The smallest absolute Gasteiger partial charge is 0.274 e. The summed E-state index contributed by atoms with van der Waals surface area (Å²) in [5, 5.41) is 26.1. The van der Waals surface area contributed by atoms with Crippen molar-refractivity contribution < 1.29 is 80.5 Å². The van der Waals surface area contributed by atoms with Crippen molar-refractivity contribution in [2.24, 2.45) is 11.3 Å². The molecule has 0 saturated carbocycles. The number of anilines is 1. The fourth-order valence-electron chi connectivity index (χ4n) is 4.66. The summed E-state index contributed by atoms with van der Waals surface area (Å²) in [7, 11) is -17.6. The number of nitrogens with one attached hydrogen (secondary N) is 2. The normalized spacial score (nSPS) is 21.7. The number of phosphoric ester groups is 3. The number of rotatable bonds is 21. The first kappa shape index (κ1) is 48.7. The molecule has 1 fully saturated rings. The summed E-state index contributed by atoms with van der Waals surface area (Å²) in [6.45, 7) is 3.95. The molecule has 0 aromatic carbocycles. The molecule has 1 saturated heterocycles. The van der Waals surface area contributed by atoms with Crippen LogP contribution in [0.5, 0.6) is 0 Å². The number of ether oxygens (including phenoxy) is 1. The van der Waals surface area contributed by atoms with Crippen molar-refractivity contribution in [3.05, 3.63) is 12.7 Å². The number of carbonyl (C=O) groups is 3. The zero-order valence-corrected chi connectivity index (χ0v) is 32.7. The number of carbonyl (C=O) groups excluding carboxylic acids is 3. The van der Waals surface area contributed by atoms with Crippen molar-refractivity contribution in [3.63, 3.8) is 0 Å². The molecule has 7 atom stereocenters. The number of nitrogens with zero attached hydrogens (tertiary/aromatic N) is 4. The summed E-state index contributed by atoms with van der Waals surface area (Å²) in [6, 6.07) is 0. The van der Waals surface area contributed by atoms with Gasteiger partial charge in [0.25, 0.3) is 15.6 Å². The second-order valence-corrected chi connectivity index (χ2v) is 18.0. The summed E-state index contributed by atoms with van der Waals surface area (Å²) < 4.78 is 60.4. The SMILES string of the molecule is C.CC(C)CC(=O)SCCNC(=O)CCNC(=O)C(O)C(C)(C)COP(=O)([O-])OP(=O)([O-])OCC1OC(n2cnc3c(N)ncnc32)C(O)C1OP(=O)([O-])[O-]. The summed E-state index contributed by atoms with van der Waals surface area (Å²) in [5.41, 5.74) is 4.07. The van der Waals surface area contributed by atoms with Crippen LogP contribution < -0.4 is 35.9 Å². The first-order valence-corrected chi connectivity index (χ1v) is 21.3. The van der Waals surface area contributed by atoms with Crippen LogP contribution in [0.2, 0.25) is 0 Å². The molecule has 2 amide bonds. The number of aliphatic hydroxyl groups excluding tert-OH is 2. The first-order chi connectivity index (χ1) is 24.9. The minimum atomic E-state index is -5.91. The topological polar surface area (TPSA) is 375 Å². The van der Waals surface area contributed by atoms with Crippen molar-refractivity contribution in [2.45, 2.75) is 78.6 Å². The second kappa shape index (κ2) is 20.3. The molecule has 0 aliphatic carbocycles. The van der Waals surface area contributed by atoms with Crippen molar-refractivity contribution in [2.75, 3.05) is 37.8 Å². The fraction of sp³-hybridized carbons (Fsp3) is 0.704. The van der Waals surface area contributed by atoms with Gasteiger partial charge in [-0.3, -0.25) is 28.1 Å². The Morgan fingerprint density at radius 3 is 2.36 bits per heavy atom. The van der Waals surface area contributed by atoms with Gasteiger partial charge in [0, 0.05) is 37.1 Å². The third kappa shape index (κ3) is 15.1. The zero-order chi connectivity index (χ0) is 40.6. The molecular weight excluding hydrogens is 819 g/mol. The Morgan fingerprint density at radius 1 is 1.07 bits per heavy atom. The number of thioether (sulfide) groups is 1. The molecule has 0 bridgehead atoms. The van der Waals surface area contributed by atoms with E-state index in [1.807, 2.05) is 13.8 Å². The van der Waals surface area contributed by atoms with Gasteiger partial charge in [-0.15, -0.1) is 0 Å². The van der Waals surface area contributed by atoms with E-state index < -0.39 is 84.6 Å². The number of aromatic nitrogens is 4. The summed E-state index contributed by atoms with van der Waals surface area (Å²) in [5.74, 6) is -0.962. The number of amides is 2. The van der Waals surface area contributed by atoms with Crippen LogP contribution in [0.3, 0.4) is 0 Å². The number of hydrogen-bond acceptors (Lipinski definition) is 22. The minimum Gasteiger partial charge on any atom is -0.790 e. The molecule has 3 rings (SSSR count). The summed E-state index contributed by atoms with van der Waals surface area (Å²) in [6.07, 6.45) is -7.15. The average Bonchev–Trinajstić information content (AvgIpc) is 3.60. The van der Waals surface area contributed by atoms with E-state index in [1.54, 1.807) is 0 Å². The Bertz CT molecular complexity index is 1780. The van der Waals surface area contributed by atoms with E-state index in [4.69, 9.17) is 10.5 Å². The lowest BCUT2D eigenvalue weighted by Gasteiger charge is -2.36. The maximum Gasteiger partial charge on any atom is 0.274 e. The highest BCUT2D eigenvalue weighted by Crippen LogP contribution is 2.56. The molecule has 0 spiro atoms. The van der Waals surface area contributed by atoms with E-state index in [1.165, 1.54) is 13.8 Å². The van der Waals surface area contributed by atoms with Gasteiger partial charge in [-0.2, -0.15) is 0 Å². The number of nitrogen functional groups attached to an aromatic ring is 1. The van der Waals surface area contributed by atoms with Crippen LogP contribution in [-0.2, 0) is 50.7 Å². The number of fused-ring (bicyclic) bond motifs is 1. The molecule has 55 heavy (non-hydrogen) atoms. The fourth-order valence-corrected chi connectivity index (χ4v) is 8.28. The molecule has 6 N–H and O–H groups in total. The van der Waals surface area contributed by atoms with Gasteiger partial charge in [0.05, 0.1) is 27.4 Å². The molecule has 0 radical (unpaired) electrons. The molecule has 3 heterocycles. The summed E-state index contributed by atoms with van der Waals surface area (Å²) in [4.78, 5) is 95.5. The quantitative estimate of drug-likeness (QED) is 0.0658. The highest BCUT2D eigenvalue weighted by atomic mass is 32.2. The standard InChI is InChI=1S/C26H44N7O17P3S.CH4/c1-14(2)9-17(35)54-8-7-28-16(34)5-6-29-24(38)21(37)26(3,4)11-47-53(44,45)50-52(42,43)46-10-15-20(49-51(39,40)41)19(36)25(48-15)33-13-32-18-22(27)30-12-31-23(18)33;/h12-15,19-21,25,36-37H,5-11H2,1-4H3,(H,28,34)(H,29,38)(H,42,43)(H,44,45)(H2,27,30,31)(H2,39,40,41);1H4/p-4. The highest BCUT2D eigenvalue weighted by Gasteiger charge is 2.47. The molecule has 2 aromatic heterocycles. The van der Waals surface area contributed by atoms with E-state index in [0.717, 1.165) is 29.0 Å². The minimum absolute atomic E-state index is 0. The molecular formula is C27H44N7O17P3S-4. The summed E-state index contributed by atoms with van der Waals surface area (Å²) >= 11 is 1.09. The predicted octanol–water partition coefficient (Wildman–Crippen LogP) is -2.18. The van der Waals surface area contributed by atoms with Crippen molar-refractivity contribution in [1.29, 1.82) is 0 Å². The molecule has 314 valence electrons. The first-order valence-electron chi connectivity index (χ1n) is 15.9.